The monoisotopic (exact) mass is 461 g/mol. The van der Waals surface area contributed by atoms with Crippen LogP contribution in [-0.2, 0) is 13.1 Å². The summed E-state index contributed by atoms with van der Waals surface area (Å²) >= 11 is 1.64. The Bertz CT molecular complexity index is 1240. The summed E-state index contributed by atoms with van der Waals surface area (Å²) in [4.78, 5) is 22.9. The second-order valence-electron chi connectivity index (χ2n) is 8.80. The van der Waals surface area contributed by atoms with Gasteiger partial charge in [-0.1, -0.05) is 25.5 Å². The lowest BCUT2D eigenvalue weighted by atomic mass is 10.0. The van der Waals surface area contributed by atoms with Crippen LogP contribution in [0.1, 0.15) is 60.9 Å². The van der Waals surface area contributed by atoms with E-state index in [0.29, 0.717) is 0 Å². The SMILES string of the molecule is CCCn1c(CN2CCCCC2c2nc(C)cc(Nc3ncc(C)s3)n2)nc2ccccc21. The van der Waals surface area contributed by atoms with Crippen molar-refractivity contribution in [2.75, 3.05) is 11.9 Å². The van der Waals surface area contributed by atoms with Gasteiger partial charge in [0.25, 0.3) is 0 Å². The molecule has 0 spiro atoms. The Balaban J connectivity index is 1.44. The van der Waals surface area contributed by atoms with E-state index in [1.807, 2.05) is 19.2 Å². The van der Waals surface area contributed by atoms with Gasteiger partial charge in [0.2, 0.25) is 0 Å². The first-order chi connectivity index (χ1) is 16.1. The van der Waals surface area contributed by atoms with Crippen molar-refractivity contribution >= 4 is 33.3 Å². The third kappa shape index (κ3) is 4.77. The van der Waals surface area contributed by atoms with Gasteiger partial charge in [-0.25, -0.2) is 19.9 Å². The molecule has 1 aliphatic heterocycles. The molecule has 0 saturated carbocycles. The molecule has 0 radical (unpaired) electrons. The number of nitrogens with one attached hydrogen (secondary N) is 1. The Morgan fingerprint density at radius 2 is 2.00 bits per heavy atom. The van der Waals surface area contributed by atoms with Gasteiger partial charge in [-0.05, 0) is 51.8 Å². The number of fused-ring (bicyclic) bond motifs is 1. The Labute approximate surface area is 198 Å². The second kappa shape index (κ2) is 9.57. The van der Waals surface area contributed by atoms with Crippen LogP contribution in [-0.4, -0.2) is 35.9 Å². The third-order valence-corrected chi connectivity index (χ3v) is 6.99. The number of aromatic nitrogens is 5. The summed E-state index contributed by atoms with van der Waals surface area (Å²) in [5.74, 6) is 2.84. The van der Waals surface area contributed by atoms with E-state index in [9.17, 15) is 0 Å². The maximum atomic E-state index is 5.01. The standard InChI is InChI=1S/C25H31N7S/c1-4-12-32-20-10-6-5-9-19(20)28-23(32)16-31-13-8-7-11-21(31)24-27-17(2)14-22(29-24)30-25-26-15-18(3)33-25/h5-6,9-10,14-15,21H,4,7-8,11-13,16H2,1-3H3,(H,26,27,29,30). The Morgan fingerprint density at radius 3 is 2.82 bits per heavy atom. The molecule has 1 aliphatic rings. The number of aryl methyl sites for hydroxylation is 3. The summed E-state index contributed by atoms with van der Waals surface area (Å²) in [6.45, 7) is 9.15. The van der Waals surface area contributed by atoms with Crippen molar-refractivity contribution in [3.63, 3.8) is 0 Å². The van der Waals surface area contributed by atoms with E-state index in [0.717, 1.165) is 66.3 Å². The molecule has 1 aromatic carbocycles. The molecular weight excluding hydrogens is 430 g/mol. The minimum absolute atomic E-state index is 0.187. The van der Waals surface area contributed by atoms with Crippen molar-refractivity contribution in [2.45, 2.75) is 65.6 Å². The lowest BCUT2D eigenvalue weighted by Gasteiger charge is -2.34. The number of piperidine rings is 1. The van der Waals surface area contributed by atoms with Crippen LogP contribution in [0.15, 0.2) is 36.5 Å². The van der Waals surface area contributed by atoms with Crippen LogP contribution in [0.3, 0.4) is 0 Å². The van der Waals surface area contributed by atoms with Gasteiger partial charge in [0.15, 0.2) is 5.13 Å². The Kier molecular flexibility index (Phi) is 6.37. The second-order valence-corrected chi connectivity index (χ2v) is 10.0. The molecule has 4 aromatic rings. The Morgan fingerprint density at radius 1 is 1.12 bits per heavy atom. The topological polar surface area (TPSA) is 71.8 Å². The molecule has 172 valence electrons. The van der Waals surface area contributed by atoms with Crippen LogP contribution < -0.4 is 5.32 Å². The summed E-state index contributed by atoms with van der Waals surface area (Å²) in [6, 6.07) is 10.6. The molecule has 1 N–H and O–H groups in total. The van der Waals surface area contributed by atoms with Gasteiger partial charge in [0.05, 0.1) is 23.6 Å². The molecule has 0 aliphatic carbocycles. The molecule has 3 aromatic heterocycles. The van der Waals surface area contributed by atoms with E-state index in [4.69, 9.17) is 15.0 Å². The highest BCUT2D eigenvalue weighted by Gasteiger charge is 2.28. The summed E-state index contributed by atoms with van der Waals surface area (Å²) in [5.41, 5.74) is 3.27. The third-order valence-electron chi connectivity index (χ3n) is 6.16. The van der Waals surface area contributed by atoms with Crippen LogP contribution in [0.5, 0.6) is 0 Å². The number of hydrogen-bond donors (Lipinski definition) is 1. The van der Waals surface area contributed by atoms with E-state index in [2.05, 4.69) is 57.9 Å². The molecular formula is C25H31N7S. The van der Waals surface area contributed by atoms with Crippen LogP contribution in [0, 0.1) is 13.8 Å². The van der Waals surface area contributed by atoms with E-state index < -0.39 is 0 Å². The molecule has 33 heavy (non-hydrogen) atoms. The fraction of sp³-hybridized carbons (Fsp3) is 0.440. The lowest BCUT2D eigenvalue weighted by molar-refractivity contribution is 0.129. The first-order valence-electron chi connectivity index (χ1n) is 11.8. The summed E-state index contributed by atoms with van der Waals surface area (Å²) in [7, 11) is 0. The average molecular weight is 462 g/mol. The van der Waals surface area contributed by atoms with Crippen LogP contribution in [0.25, 0.3) is 11.0 Å². The van der Waals surface area contributed by atoms with Crippen LogP contribution in [0.4, 0.5) is 10.9 Å². The van der Waals surface area contributed by atoms with Crippen LogP contribution >= 0.6 is 11.3 Å². The number of likely N-dealkylation sites (tertiary alicyclic amines) is 1. The van der Waals surface area contributed by atoms with Gasteiger partial charge < -0.3 is 9.88 Å². The van der Waals surface area contributed by atoms with Gasteiger partial charge in [-0.15, -0.1) is 11.3 Å². The van der Waals surface area contributed by atoms with Gasteiger partial charge in [-0.2, -0.15) is 0 Å². The molecule has 5 rings (SSSR count). The normalized spacial score (nSPS) is 17.0. The maximum absolute atomic E-state index is 5.01. The molecule has 1 saturated heterocycles. The molecule has 8 heteroatoms. The highest BCUT2D eigenvalue weighted by Crippen LogP contribution is 2.32. The van der Waals surface area contributed by atoms with E-state index >= 15 is 0 Å². The number of thiazole rings is 1. The summed E-state index contributed by atoms with van der Waals surface area (Å²) < 4.78 is 2.38. The molecule has 7 nitrogen and oxygen atoms in total. The number of rotatable bonds is 7. The van der Waals surface area contributed by atoms with Gasteiger partial charge >= 0.3 is 0 Å². The van der Waals surface area contributed by atoms with Crippen molar-refractivity contribution in [3.05, 3.63) is 58.7 Å². The molecule has 0 bridgehead atoms. The predicted molar refractivity (Wildman–Crippen MR) is 134 cm³/mol. The molecule has 0 amide bonds. The number of imidazole rings is 1. The first-order valence-corrected chi connectivity index (χ1v) is 12.7. The van der Waals surface area contributed by atoms with Crippen molar-refractivity contribution < 1.29 is 0 Å². The zero-order chi connectivity index (χ0) is 22.8. The van der Waals surface area contributed by atoms with E-state index in [1.54, 1.807) is 11.3 Å². The molecule has 1 unspecified atom stereocenters. The zero-order valence-corrected chi connectivity index (χ0v) is 20.4. The first kappa shape index (κ1) is 22.0. The minimum atomic E-state index is 0.187. The summed E-state index contributed by atoms with van der Waals surface area (Å²) in [6.07, 6.45) is 6.42. The average Bonchev–Trinajstić information content (AvgIpc) is 3.37. The smallest absolute Gasteiger partial charge is 0.188 e. The molecule has 1 fully saturated rings. The zero-order valence-electron chi connectivity index (χ0n) is 19.6. The fourth-order valence-electron chi connectivity index (χ4n) is 4.70. The van der Waals surface area contributed by atoms with Gasteiger partial charge in [0, 0.05) is 29.4 Å². The van der Waals surface area contributed by atoms with Crippen LogP contribution in [0.2, 0.25) is 0 Å². The van der Waals surface area contributed by atoms with Gasteiger partial charge in [-0.3, -0.25) is 4.90 Å². The van der Waals surface area contributed by atoms with Crippen molar-refractivity contribution in [2.24, 2.45) is 0 Å². The fourth-order valence-corrected chi connectivity index (χ4v) is 5.37. The van der Waals surface area contributed by atoms with Gasteiger partial charge in [0.1, 0.15) is 17.5 Å². The summed E-state index contributed by atoms with van der Waals surface area (Å²) in [5, 5.41) is 4.24. The van der Waals surface area contributed by atoms with E-state index in [1.165, 1.54) is 23.2 Å². The van der Waals surface area contributed by atoms with Crippen molar-refractivity contribution in [3.8, 4) is 0 Å². The Hall–Kier alpha value is -2.84. The van der Waals surface area contributed by atoms with Crippen molar-refractivity contribution in [1.29, 1.82) is 0 Å². The molecule has 4 heterocycles. The molecule has 1 atom stereocenters. The largest absolute Gasteiger partial charge is 0.327 e. The maximum Gasteiger partial charge on any atom is 0.188 e. The number of nitrogens with zero attached hydrogens (tertiary/aromatic N) is 6. The highest BCUT2D eigenvalue weighted by atomic mass is 32.1. The number of benzene rings is 1. The lowest BCUT2D eigenvalue weighted by Crippen LogP contribution is -2.35. The van der Waals surface area contributed by atoms with E-state index in [-0.39, 0.29) is 6.04 Å². The minimum Gasteiger partial charge on any atom is -0.327 e. The predicted octanol–water partition coefficient (Wildman–Crippen LogP) is 5.78. The number of anilines is 2. The quantitative estimate of drug-likeness (QED) is 0.376. The number of para-hydroxylation sites is 2. The highest BCUT2D eigenvalue weighted by molar-refractivity contribution is 7.15. The van der Waals surface area contributed by atoms with Crippen molar-refractivity contribution in [1.82, 2.24) is 29.4 Å². The number of hydrogen-bond acceptors (Lipinski definition) is 7.